The van der Waals surface area contributed by atoms with Gasteiger partial charge in [0.15, 0.2) is 6.10 Å². The van der Waals surface area contributed by atoms with E-state index in [1.54, 1.807) is 16.8 Å². The van der Waals surface area contributed by atoms with Crippen molar-refractivity contribution in [2.24, 2.45) is 0 Å². The van der Waals surface area contributed by atoms with Crippen LogP contribution in [0.25, 0.3) is 0 Å². The average Bonchev–Trinajstić information content (AvgIpc) is 2.79. The Kier molecular flexibility index (Phi) is 5.67. The molecule has 152 valence electrons. The van der Waals surface area contributed by atoms with E-state index in [2.05, 4.69) is 0 Å². The van der Waals surface area contributed by atoms with Crippen molar-refractivity contribution in [1.82, 2.24) is 4.90 Å². The molecule has 0 spiro atoms. The fourth-order valence-electron chi connectivity index (χ4n) is 3.64. The maximum Gasteiger partial charge on any atom is 0.265 e. The standard InChI is InChI=1S/C22H25N3O4/c1-23(17-7-3-2-4-8-17)21(26)16-25-15-20(22(27)24-11-13-28-14-12-24)29-19-10-6-5-9-18(19)25/h2-10,20H,11-16H2,1H3. The van der Waals surface area contributed by atoms with Gasteiger partial charge < -0.3 is 24.2 Å². The zero-order valence-corrected chi connectivity index (χ0v) is 16.5. The molecule has 2 heterocycles. The molecule has 2 aromatic carbocycles. The first-order valence-corrected chi connectivity index (χ1v) is 9.82. The highest BCUT2D eigenvalue weighted by Gasteiger charge is 2.35. The maximum absolute atomic E-state index is 13.0. The lowest BCUT2D eigenvalue weighted by Gasteiger charge is -2.38. The van der Waals surface area contributed by atoms with E-state index in [1.807, 2.05) is 59.5 Å². The molecule has 7 nitrogen and oxygen atoms in total. The van der Waals surface area contributed by atoms with Crippen molar-refractivity contribution in [1.29, 1.82) is 0 Å². The Bertz CT molecular complexity index is 867. The van der Waals surface area contributed by atoms with Crippen molar-refractivity contribution in [2.75, 3.05) is 56.2 Å². The fraction of sp³-hybridized carbons (Fsp3) is 0.364. The summed E-state index contributed by atoms with van der Waals surface area (Å²) < 4.78 is 11.3. The summed E-state index contributed by atoms with van der Waals surface area (Å²) in [5, 5.41) is 0. The molecule has 29 heavy (non-hydrogen) atoms. The molecular formula is C22H25N3O4. The highest BCUT2D eigenvalue weighted by Crippen LogP contribution is 2.33. The van der Waals surface area contributed by atoms with Crippen LogP contribution in [0, 0.1) is 0 Å². The molecule has 2 amide bonds. The predicted octanol–water partition coefficient (Wildman–Crippen LogP) is 1.78. The first-order chi connectivity index (χ1) is 14.1. The molecule has 4 rings (SSSR count). The molecule has 0 bridgehead atoms. The van der Waals surface area contributed by atoms with Gasteiger partial charge in [-0.05, 0) is 24.3 Å². The minimum atomic E-state index is -0.641. The van der Waals surface area contributed by atoms with Crippen molar-refractivity contribution in [3.05, 3.63) is 54.6 Å². The number of anilines is 2. The smallest absolute Gasteiger partial charge is 0.265 e. The van der Waals surface area contributed by atoms with Crippen molar-refractivity contribution in [2.45, 2.75) is 6.10 Å². The molecule has 2 aliphatic heterocycles. The lowest BCUT2D eigenvalue weighted by Crippen LogP contribution is -2.54. The van der Waals surface area contributed by atoms with Crippen LogP contribution in [0.5, 0.6) is 5.75 Å². The SMILES string of the molecule is CN(C(=O)CN1CC(C(=O)N2CCOCC2)Oc2ccccc21)c1ccccc1. The van der Waals surface area contributed by atoms with Gasteiger partial charge in [-0.25, -0.2) is 0 Å². The third kappa shape index (κ3) is 4.19. The predicted molar refractivity (Wildman–Crippen MR) is 110 cm³/mol. The minimum absolute atomic E-state index is 0.0505. The topological polar surface area (TPSA) is 62.3 Å². The van der Waals surface area contributed by atoms with Crippen LogP contribution in [0.4, 0.5) is 11.4 Å². The monoisotopic (exact) mass is 395 g/mol. The minimum Gasteiger partial charge on any atom is -0.477 e. The number of morpholine rings is 1. The van der Waals surface area contributed by atoms with Gasteiger partial charge in [0.1, 0.15) is 5.75 Å². The summed E-state index contributed by atoms with van der Waals surface area (Å²) in [5.74, 6) is 0.516. The van der Waals surface area contributed by atoms with Gasteiger partial charge in [-0.15, -0.1) is 0 Å². The third-order valence-corrected chi connectivity index (χ3v) is 5.30. The Hall–Kier alpha value is -3.06. The number of para-hydroxylation sites is 3. The zero-order chi connectivity index (χ0) is 20.2. The van der Waals surface area contributed by atoms with Crippen LogP contribution in [0.1, 0.15) is 0 Å². The van der Waals surface area contributed by atoms with Gasteiger partial charge in [0.2, 0.25) is 5.91 Å². The molecule has 7 heteroatoms. The van der Waals surface area contributed by atoms with E-state index in [-0.39, 0.29) is 18.4 Å². The molecule has 0 saturated carbocycles. The van der Waals surface area contributed by atoms with E-state index in [4.69, 9.17) is 9.47 Å². The second-order valence-electron chi connectivity index (χ2n) is 7.18. The number of nitrogens with zero attached hydrogens (tertiary/aromatic N) is 3. The second-order valence-corrected chi connectivity index (χ2v) is 7.18. The van der Waals surface area contributed by atoms with Crippen LogP contribution in [0.2, 0.25) is 0 Å². The Morgan fingerprint density at radius 1 is 1.03 bits per heavy atom. The Labute approximate surface area is 170 Å². The van der Waals surface area contributed by atoms with Crippen LogP contribution in [-0.2, 0) is 14.3 Å². The second kappa shape index (κ2) is 8.53. The van der Waals surface area contributed by atoms with Crippen molar-refractivity contribution >= 4 is 23.2 Å². The number of carbonyl (C=O) groups is 2. The molecule has 0 radical (unpaired) electrons. The van der Waals surface area contributed by atoms with Gasteiger partial charge in [0.25, 0.3) is 5.91 Å². The lowest BCUT2D eigenvalue weighted by atomic mass is 10.1. The number of fused-ring (bicyclic) bond motifs is 1. The molecular weight excluding hydrogens is 370 g/mol. The average molecular weight is 395 g/mol. The van der Waals surface area contributed by atoms with Crippen molar-refractivity contribution < 1.29 is 19.1 Å². The lowest BCUT2D eigenvalue weighted by molar-refractivity contribution is -0.142. The number of benzene rings is 2. The Morgan fingerprint density at radius 3 is 2.48 bits per heavy atom. The van der Waals surface area contributed by atoms with Crippen LogP contribution < -0.4 is 14.5 Å². The van der Waals surface area contributed by atoms with E-state index in [0.717, 1.165) is 11.4 Å². The first-order valence-electron chi connectivity index (χ1n) is 9.82. The van der Waals surface area contributed by atoms with Crippen LogP contribution in [-0.4, -0.2) is 69.3 Å². The summed E-state index contributed by atoms with van der Waals surface area (Å²) in [6.45, 7) is 2.71. The molecule has 1 atom stereocenters. The number of likely N-dealkylation sites (N-methyl/N-ethyl adjacent to an activating group) is 1. The Balaban J connectivity index is 1.52. The number of hydrogen-bond donors (Lipinski definition) is 0. The quantitative estimate of drug-likeness (QED) is 0.790. The largest absolute Gasteiger partial charge is 0.477 e. The first kappa shape index (κ1) is 19.3. The number of ether oxygens (including phenoxy) is 2. The third-order valence-electron chi connectivity index (χ3n) is 5.30. The van der Waals surface area contributed by atoms with Gasteiger partial charge >= 0.3 is 0 Å². The van der Waals surface area contributed by atoms with Gasteiger partial charge in [0, 0.05) is 25.8 Å². The highest BCUT2D eigenvalue weighted by atomic mass is 16.5. The Morgan fingerprint density at radius 2 is 1.72 bits per heavy atom. The number of rotatable bonds is 4. The van der Waals surface area contributed by atoms with E-state index >= 15 is 0 Å². The van der Waals surface area contributed by atoms with E-state index in [1.165, 1.54) is 0 Å². The zero-order valence-electron chi connectivity index (χ0n) is 16.5. The molecule has 2 aliphatic rings. The molecule has 0 aromatic heterocycles. The molecule has 2 aromatic rings. The summed E-state index contributed by atoms with van der Waals surface area (Å²) in [6.07, 6.45) is -0.641. The molecule has 1 unspecified atom stereocenters. The summed E-state index contributed by atoms with van der Waals surface area (Å²) in [7, 11) is 1.76. The molecule has 0 N–H and O–H groups in total. The molecule has 0 aliphatic carbocycles. The van der Waals surface area contributed by atoms with Crippen LogP contribution in [0.3, 0.4) is 0 Å². The maximum atomic E-state index is 13.0. The van der Waals surface area contributed by atoms with E-state index in [0.29, 0.717) is 38.6 Å². The van der Waals surface area contributed by atoms with Crippen LogP contribution in [0.15, 0.2) is 54.6 Å². The van der Waals surface area contributed by atoms with Gasteiger partial charge in [-0.1, -0.05) is 30.3 Å². The van der Waals surface area contributed by atoms with Crippen molar-refractivity contribution in [3.63, 3.8) is 0 Å². The fourth-order valence-corrected chi connectivity index (χ4v) is 3.64. The number of carbonyl (C=O) groups excluding carboxylic acids is 2. The molecule has 1 fully saturated rings. The summed E-state index contributed by atoms with van der Waals surface area (Å²) in [5.41, 5.74) is 1.66. The highest BCUT2D eigenvalue weighted by molar-refractivity contribution is 5.96. The summed E-state index contributed by atoms with van der Waals surface area (Å²) >= 11 is 0. The summed E-state index contributed by atoms with van der Waals surface area (Å²) in [6, 6.07) is 17.1. The summed E-state index contributed by atoms with van der Waals surface area (Å²) in [4.78, 5) is 31.3. The normalized spacial score (nSPS) is 18.6. The van der Waals surface area contributed by atoms with Gasteiger partial charge in [-0.3, -0.25) is 9.59 Å². The van der Waals surface area contributed by atoms with E-state index in [9.17, 15) is 9.59 Å². The van der Waals surface area contributed by atoms with Gasteiger partial charge in [-0.2, -0.15) is 0 Å². The number of amides is 2. The van der Waals surface area contributed by atoms with Crippen molar-refractivity contribution in [3.8, 4) is 5.75 Å². The number of hydrogen-bond acceptors (Lipinski definition) is 5. The van der Waals surface area contributed by atoms with Gasteiger partial charge in [0.05, 0.1) is 32.0 Å². The van der Waals surface area contributed by atoms with Crippen LogP contribution >= 0.6 is 0 Å². The molecule has 1 saturated heterocycles. The van der Waals surface area contributed by atoms with E-state index < -0.39 is 6.10 Å².